The Labute approximate surface area is 114 Å². The molecule has 1 aromatic carbocycles. The average molecular weight is 291 g/mol. The molecule has 0 unspecified atom stereocenters. The summed E-state index contributed by atoms with van der Waals surface area (Å²) < 4.78 is 50.7. The Hall–Kier alpha value is -1.63. The van der Waals surface area contributed by atoms with E-state index < -0.39 is 18.5 Å². The number of nitrogens with one attached hydrogen (secondary N) is 1. The van der Waals surface area contributed by atoms with Gasteiger partial charge in [0.25, 0.3) is 0 Å². The lowest BCUT2D eigenvalue weighted by atomic mass is 10.1. The van der Waals surface area contributed by atoms with Crippen molar-refractivity contribution in [2.24, 2.45) is 5.73 Å². The number of amidine groups is 1. The molecule has 7 heteroatoms. The van der Waals surface area contributed by atoms with E-state index in [1.165, 1.54) is 11.0 Å². The van der Waals surface area contributed by atoms with Gasteiger partial charge in [0.2, 0.25) is 0 Å². The molecule has 1 aromatic rings. The number of benzene rings is 1. The third-order valence-corrected chi connectivity index (χ3v) is 2.85. The van der Waals surface area contributed by atoms with Crippen molar-refractivity contribution < 1.29 is 17.6 Å². The third kappa shape index (κ3) is 4.80. The van der Waals surface area contributed by atoms with Crippen molar-refractivity contribution in [3.63, 3.8) is 0 Å². The fraction of sp³-hybridized carbons (Fsp3) is 0.462. The minimum Gasteiger partial charge on any atom is -0.384 e. The topological polar surface area (TPSA) is 53.1 Å². The predicted octanol–water partition coefficient (Wildman–Crippen LogP) is 2.88. The van der Waals surface area contributed by atoms with Crippen LogP contribution in [0, 0.1) is 11.2 Å². The molecular formula is C13H17F4N3. The largest absolute Gasteiger partial charge is 0.401 e. The average Bonchev–Trinajstić information content (AvgIpc) is 2.28. The van der Waals surface area contributed by atoms with E-state index in [2.05, 4.69) is 0 Å². The van der Waals surface area contributed by atoms with Crippen molar-refractivity contribution in [1.29, 1.82) is 5.41 Å². The first-order valence-electron chi connectivity index (χ1n) is 6.04. The second-order valence-electron chi connectivity index (χ2n) is 4.83. The van der Waals surface area contributed by atoms with Crippen LogP contribution in [0.2, 0.25) is 0 Å². The summed E-state index contributed by atoms with van der Waals surface area (Å²) in [6.07, 6.45) is -4.32. The molecule has 0 aromatic heterocycles. The van der Waals surface area contributed by atoms with E-state index in [1.54, 1.807) is 13.8 Å². The highest BCUT2D eigenvalue weighted by Gasteiger charge is 2.32. The highest BCUT2D eigenvalue weighted by molar-refractivity contribution is 5.96. The van der Waals surface area contributed by atoms with Gasteiger partial charge in [0.1, 0.15) is 11.7 Å². The van der Waals surface area contributed by atoms with Crippen LogP contribution in [0.1, 0.15) is 25.0 Å². The highest BCUT2D eigenvalue weighted by Crippen LogP contribution is 2.21. The molecule has 0 bridgehead atoms. The molecule has 0 spiro atoms. The number of hydrogen-bond donors (Lipinski definition) is 2. The van der Waals surface area contributed by atoms with Crippen LogP contribution in [0.3, 0.4) is 0 Å². The zero-order valence-corrected chi connectivity index (χ0v) is 11.3. The molecular weight excluding hydrogens is 274 g/mol. The molecule has 0 fully saturated rings. The quantitative estimate of drug-likeness (QED) is 0.498. The lowest BCUT2D eigenvalue weighted by Gasteiger charge is -2.28. The summed E-state index contributed by atoms with van der Waals surface area (Å²) in [5, 5.41) is 7.37. The van der Waals surface area contributed by atoms with Crippen LogP contribution in [0.4, 0.5) is 17.6 Å². The van der Waals surface area contributed by atoms with E-state index in [-0.39, 0.29) is 24.0 Å². The maximum Gasteiger partial charge on any atom is 0.401 e. The van der Waals surface area contributed by atoms with E-state index in [4.69, 9.17) is 11.1 Å². The maximum absolute atomic E-state index is 13.1. The van der Waals surface area contributed by atoms with E-state index in [1.807, 2.05) is 0 Å². The normalized spacial score (nSPS) is 12.2. The van der Waals surface area contributed by atoms with Gasteiger partial charge in [-0.05, 0) is 31.5 Å². The van der Waals surface area contributed by atoms with Gasteiger partial charge < -0.3 is 5.73 Å². The molecule has 0 atom stereocenters. The first-order valence-corrected chi connectivity index (χ1v) is 6.04. The van der Waals surface area contributed by atoms with Crippen molar-refractivity contribution in [1.82, 2.24) is 4.90 Å². The van der Waals surface area contributed by atoms with Crippen LogP contribution in [0.15, 0.2) is 18.2 Å². The molecule has 0 aliphatic rings. The van der Waals surface area contributed by atoms with E-state index in [0.717, 1.165) is 12.1 Å². The zero-order chi connectivity index (χ0) is 15.5. The first kappa shape index (κ1) is 16.4. The van der Waals surface area contributed by atoms with Crippen LogP contribution in [0.5, 0.6) is 0 Å². The Morgan fingerprint density at radius 2 is 1.95 bits per heavy atom. The Kier molecular flexibility index (Phi) is 5.10. The second kappa shape index (κ2) is 6.21. The summed E-state index contributed by atoms with van der Waals surface area (Å²) in [5.41, 5.74) is 5.86. The smallest absolute Gasteiger partial charge is 0.384 e. The lowest BCUT2D eigenvalue weighted by Crippen LogP contribution is -2.39. The number of alkyl halides is 3. The summed E-state index contributed by atoms with van der Waals surface area (Å²) >= 11 is 0. The SMILES string of the molecule is CC(C)N(Cc1ccc(F)cc1C(=N)N)CC(F)(F)F. The van der Waals surface area contributed by atoms with Gasteiger partial charge in [0.15, 0.2) is 0 Å². The van der Waals surface area contributed by atoms with Crippen molar-refractivity contribution in [2.75, 3.05) is 6.54 Å². The molecule has 0 heterocycles. The zero-order valence-electron chi connectivity index (χ0n) is 11.3. The summed E-state index contributed by atoms with van der Waals surface area (Å²) in [4.78, 5) is 1.19. The fourth-order valence-electron chi connectivity index (χ4n) is 1.81. The Morgan fingerprint density at radius 3 is 2.40 bits per heavy atom. The number of nitrogens with zero attached hydrogens (tertiary/aromatic N) is 1. The van der Waals surface area contributed by atoms with Gasteiger partial charge >= 0.3 is 6.18 Å². The first-order chi connectivity index (χ1) is 9.10. The minimum absolute atomic E-state index is 0.0492. The summed E-state index contributed by atoms with van der Waals surface area (Å²) in [6.45, 7) is 2.16. The Morgan fingerprint density at radius 1 is 1.35 bits per heavy atom. The lowest BCUT2D eigenvalue weighted by molar-refractivity contribution is -0.150. The monoisotopic (exact) mass is 291 g/mol. The summed E-state index contributed by atoms with van der Waals surface area (Å²) in [6, 6.07) is 3.22. The molecule has 1 rings (SSSR count). The molecule has 20 heavy (non-hydrogen) atoms. The predicted molar refractivity (Wildman–Crippen MR) is 69.0 cm³/mol. The van der Waals surface area contributed by atoms with Gasteiger partial charge in [-0.3, -0.25) is 10.3 Å². The van der Waals surface area contributed by atoms with E-state index >= 15 is 0 Å². The van der Waals surface area contributed by atoms with E-state index in [0.29, 0.717) is 5.56 Å². The molecule has 3 nitrogen and oxygen atoms in total. The van der Waals surface area contributed by atoms with Gasteiger partial charge in [-0.1, -0.05) is 6.07 Å². The molecule has 0 amide bonds. The van der Waals surface area contributed by atoms with Crippen LogP contribution in [0.25, 0.3) is 0 Å². The molecule has 0 aliphatic carbocycles. The number of nitrogen functional groups attached to an aromatic ring is 1. The molecule has 0 radical (unpaired) electrons. The highest BCUT2D eigenvalue weighted by atomic mass is 19.4. The van der Waals surface area contributed by atoms with Crippen LogP contribution in [-0.4, -0.2) is 29.5 Å². The van der Waals surface area contributed by atoms with Crippen LogP contribution < -0.4 is 5.73 Å². The van der Waals surface area contributed by atoms with Gasteiger partial charge in [-0.25, -0.2) is 4.39 Å². The summed E-state index contributed by atoms with van der Waals surface area (Å²) in [5.74, 6) is -0.943. The van der Waals surface area contributed by atoms with Crippen molar-refractivity contribution >= 4 is 5.84 Å². The molecule has 112 valence electrons. The number of hydrogen-bond acceptors (Lipinski definition) is 2. The molecule has 0 aliphatic heterocycles. The summed E-state index contributed by atoms with van der Waals surface area (Å²) in [7, 11) is 0. The fourth-order valence-corrected chi connectivity index (χ4v) is 1.81. The van der Waals surface area contributed by atoms with Crippen molar-refractivity contribution in [3.05, 3.63) is 35.1 Å². The Balaban J connectivity index is 3.02. The van der Waals surface area contributed by atoms with Crippen LogP contribution in [-0.2, 0) is 6.54 Å². The maximum atomic E-state index is 13.1. The van der Waals surface area contributed by atoms with Crippen LogP contribution >= 0.6 is 0 Å². The molecule has 0 saturated carbocycles. The molecule has 0 saturated heterocycles. The number of halogens is 4. The van der Waals surface area contributed by atoms with Gasteiger partial charge in [-0.15, -0.1) is 0 Å². The third-order valence-electron chi connectivity index (χ3n) is 2.85. The Bertz CT molecular complexity index is 483. The minimum atomic E-state index is -4.32. The number of nitrogens with two attached hydrogens (primary N) is 1. The van der Waals surface area contributed by atoms with Gasteiger partial charge in [0.05, 0.1) is 6.54 Å². The van der Waals surface area contributed by atoms with Gasteiger partial charge in [-0.2, -0.15) is 13.2 Å². The molecule has 3 N–H and O–H groups in total. The van der Waals surface area contributed by atoms with Gasteiger partial charge in [0, 0.05) is 18.2 Å². The second-order valence-corrected chi connectivity index (χ2v) is 4.83. The number of rotatable bonds is 5. The van der Waals surface area contributed by atoms with Crippen molar-refractivity contribution in [2.45, 2.75) is 32.6 Å². The van der Waals surface area contributed by atoms with E-state index in [9.17, 15) is 17.6 Å². The standard InChI is InChI=1S/C13H17F4N3/c1-8(2)20(7-13(15,16)17)6-9-3-4-10(14)5-11(9)12(18)19/h3-5,8H,6-7H2,1-2H3,(H3,18,19). The van der Waals surface area contributed by atoms with Crippen molar-refractivity contribution in [3.8, 4) is 0 Å².